The van der Waals surface area contributed by atoms with Gasteiger partial charge >= 0.3 is 88.9 Å². The minimum atomic E-state index is -9.94. The largest absolute Gasteiger partial charge is 0.477 e. The summed E-state index contributed by atoms with van der Waals surface area (Å²) >= 11 is 2.68. The lowest BCUT2D eigenvalue weighted by molar-refractivity contribution is -0.484. The van der Waals surface area contributed by atoms with Crippen molar-refractivity contribution in [2.45, 2.75) is 89.3 Å². The number of rotatable bonds is 16. The Balaban J connectivity index is 7.60. The van der Waals surface area contributed by atoms with Gasteiger partial charge in [-0.2, -0.15) is 136 Å². The number of carbonyl (C=O) groups is 1. The van der Waals surface area contributed by atoms with Crippen LogP contribution in [0.3, 0.4) is 0 Å². The van der Waals surface area contributed by atoms with E-state index in [2.05, 4.69) is 12.6 Å². The van der Waals surface area contributed by atoms with Crippen molar-refractivity contribution >= 4 is 18.6 Å². The van der Waals surface area contributed by atoms with Crippen LogP contribution in [0.2, 0.25) is 0 Å². The normalized spacial score (nSPS) is 16.8. The molecule has 48 heavy (non-hydrogen) atoms. The number of carboxylic acids is 1. The molecule has 0 rings (SSSR count). The first-order valence-electron chi connectivity index (χ1n) is 10.4. The van der Waals surface area contributed by atoms with Gasteiger partial charge in [0.15, 0.2) is 0 Å². The van der Waals surface area contributed by atoms with Crippen molar-refractivity contribution in [1.82, 2.24) is 0 Å². The highest BCUT2D eigenvalue weighted by Gasteiger charge is 3.00. The molecule has 1 N–H and O–H groups in total. The summed E-state index contributed by atoms with van der Waals surface area (Å²) in [5.74, 6) is -134. The van der Waals surface area contributed by atoms with Gasteiger partial charge in [-0.1, -0.05) is 0 Å². The number of hydrogen-bond donors (Lipinski definition) is 2. The smallest absolute Gasteiger partial charge is 0.410 e. The SMILES string of the molecule is O=C(O)C(F)(F)C(F)(F)C(F)(F)C(F)(F)C(F)(F)C(F)(F)C(F)(F)C(F)(F)C(F)(F)C(F)(F)C(F)(F)C(F)(F)C(F)(F)C(F)(F)CCS. The van der Waals surface area contributed by atoms with E-state index in [4.69, 9.17) is 5.11 Å². The molecule has 0 aliphatic rings. The maximum absolute atomic E-state index is 13.8. The first-order valence-corrected chi connectivity index (χ1v) is 11.0. The van der Waals surface area contributed by atoms with Gasteiger partial charge in [0.25, 0.3) is 0 Å². The van der Waals surface area contributed by atoms with Gasteiger partial charge in [-0.3, -0.25) is 0 Å². The zero-order valence-corrected chi connectivity index (χ0v) is 21.7. The number of hydrogen-bond acceptors (Lipinski definition) is 2. The highest BCUT2D eigenvalue weighted by molar-refractivity contribution is 7.80. The first-order chi connectivity index (χ1) is 20.3. The average molecular weight is 806 g/mol. The Bertz CT molecular complexity index is 1200. The second-order valence-electron chi connectivity index (χ2n) is 8.95. The Morgan fingerprint density at radius 1 is 0.354 bits per heavy atom. The first kappa shape index (κ1) is 45.9. The van der Waals surface area contributed by atoms with Gasteiger partial charge < -0.3 is 5.11 Å². The molecule has 31 heteroatoms. The average Bonchev–Trinajstić information content (AvgIpc) is 2.86. The summed E-state index contributed by atoms with van der Waals surface area (Å²) in [6.07, 6.45) is -2.93. The van der Waals surface area contributed by atoms with Crippen LogP contribution in [0, 0.1) is 0 Å². The third kappa shape index (κ3) is 5.17. The van der Waals surface area contributed by atoms with E-state index in [1.807, 2.05) is 0 Å². The molecule has 0 aliphatic heterocycles. The number of thiol groups is 1. The predicted octanol–water partition coefficient (Wildman–Crippen LogP) is 9.29. The standard InChI is InChI=1S/C17H6F28O2S/c18-4(19,1-2-48)6(22,23)8(26,27)10(30,31)12(34,35)14(38,39)16(42,43)17(44,45)15(40,41)13(36,37)11(32,33)9(28,29)7(24,25)5(20,21)3(46)47/h48H,1-2H2,(H,46,47). The molecule has 0 saturated carbocycles. The minimum absolute atomic E-state index is 1.83. The zero-order chi connectivity index (χ0) is 40.0. The molecule has 0 aromatic carbocycles. The Morgan fingerprint density at radius 2 is 0.521 bits per heavy atom. The van der Waals surface area contributed by atoms with Crippen molar-refractivity contribution in [3.63, 3.8) is 0 Å². The zero-order valence-electron chi connectivity index (χ0n) is 20.8. The molecule has 0 unspecified atom stereocenters. The second kappa shape index (κ2) is 11.4. The molecule has 0 fully saturated rings. The van der Waals surface area contributed by atoms with Crippen molar-refractivity contribution in [2.24, 2.45) is 0 Å². The molecule has 0 heterocycles. The molecule has 2 nitrogen and oxygen atoms in total. The summed E-state index contributed by atoms with van der Waals surface area (Å²) in [4.78, 5) is 9.96. The highest BCUT2D eigenvalue weighted by Crippen LogP contribution is 2.69. The van der Waals surface area contributed by atoms with Crippen LogP contribution in [0.5, 0.6) is 0 Å². The van der Waals surface area contributed by atoms with Gasteiger partial charge in [0.2, 0.25) is 0 Å². The van der Waals surface area contributed by atoms with Gasteiger partial charge in [0, 0.05) is 6.42 Å². The van der Waals surface area contributed by atoms with Crippen LogP contribution in [-0.4, -0.2) is 99.7 Å². The molecule has 0 bridgehead atoms. The van der Waals surface area contributed by atoms with Gasteiger partial charge in [0.05, 0.1) is 0 Å². The molecule has 0 radical (unpaired) electrons. The van der Waals surface area contributed by atoms with Gasteiger partial charge in [-0.25, -0.2) is 4.79 Å². The van der Waals surface area contributed by atoms with Crippen LogP contribution in [0.25, 0.3) is 0 Å². The fourth-order valence-corrected chi connectivity index (χ4v) is 3.11. The third-order valence-electron chi connectivity index (χ3n) is 5.89. The highest BCUT2D eigenvalue weighted by atomic mass is 32.1. The Morgan fingerprint density at radius 3 is 0.688 bits per heavy atom. The van der Waals surface area contributed by atoms with Crippen molar-refractivity contribution in [3.8, 4) is 0 Å². The molecule has 0 aromatic rings. The number of alkyl halides is 28. The van der Waals surface area contributed by atoms with Crippen molar-refractivity contribution in [2.75, 3.05) is 5.75 Å². The fourth-order valence-electron chi connectivity index (χ4n) is 2.83. The second-order valence-corrected chi connectivity index (χ2v) is 9.40. The summed E-state index contributed by atoms with van der Waals surface area (Å²) in [5.41, 5.74) is 0. The van der Waals surface area contributed by atoms with Crippen LogP contribution in [0.15, 0.2) is 0 Å². The minimum Gasteiger partial charge on any atom is -0.477 e. The lowest BCUT2D eigenvalue weighted by Gasteiger charge is -2.46. The molecule has 0 atom stereocenters. The van der Waals surface area contributed by atoms with E-state index in [1.165, 1.54) is 0 Å². The maximum atomic E-state index is 13.8. The Hall–Kier alpha value is -2.14. The summed E-state index contributed by atoms with van der Waals surface area (Å²) in [6.45, 7) is 0. The van der Waals surface area contributed by atoms with Crippen molar-refractivity contribution in [3.05, 3.63) is 0 Å². The molecule has 0 aliphatic carbocycles. The third-order valence-corrected chi connectivity index (χ3v) is 6.11. The number of aliphatic carboxylic acids is 1. The molecular formula is C17H6F28O2S. The molecule has 0 saturated heterocycles. The molecule has 288 valence electrons. The van der Waals surface area contributed by atoms with E-state index in [0.717, 1.165) is 0 Å². The van der Waals surface area contributed by atoms with Gasteiger partial charge in [-0.15, -0.1) is 0 Å². The lowest BCUT2D eigenvalue weighted by Crippen LogP contribution is -2.79. The summed E-state index contributed by atoms with van der Waals surface area (Å²) in [6, 6.07) is 0. The lowest BCUT2D eigenvalue weighted by atomic mass is 9.83. The van der Waals surface area contributed by atoms with E-state index in [1.54, 1.807) is 0 Å². The van der Waals surface area contributed by atoms with Crippen LogP contribution in [-0.2, 0) is 4.79 Å². The number of halogens is 28. The van der Waals surface area contributed by atoms with E-state index < -0.39 is 101 Å². The van der Waals surface area contributed by atoms with E-state index >= 15 is 0 Å². The van der Waals surface area contributed by atoms with Crippen molar-refractivity contribution in [1.29, 1.82) is 0 Å². The quantitative estimate of drug-likeness (QED) is 0.121. The van der Waals surface area contributed by atoms with E-state index in [0.29, 0.717) is 0 Å². The van der Waals surface area contributed by atoms with Crippen LogP contribution in [0.1, 0.15) is 6.42 Å². The van der Waals surface area contributed by atoms with E-state index in [9.17, 15) is 128 Å². The van der Waals surface area contributed by atoms with Crippen molar-refractivity contribution < 1.29 is 133 Å². The molecular weight excluding hydrogens is 800 g/mol. The Kier molecular flexibility index (Phi) is 10.9. The topological polar surface area (TPSA) is 37.3 Å². The molecule has 0 spiro atoms. The maximum Gasteiger partial charge on any atom is 0.410 e. The summed E-state index contributed by atoms with van der Waals surface area (Å²) < 4.78 is 379. The molecule has 0 amide bonds. The van der Waals surface area contributed by atoms with E-state index in [-0.39, 0.29) is 0 Å². The summed E-state index contributed by atoms with van der Waals surface area (Å²) in [7, 11) is 0. The molecule has 0 aromatic heterocycles. The number of carboxylic acid groups (broad SMARTS) is 1. The van der Waals surface area contributed by atoms with Gasteiger partial charge in [-0.05, 0) is 5.75 Å². The van der Waals surface area contributed by atoms with Crippen LogP contribution >= 0.6 is 12.6 Å². The summed E-state index contributed by atoms with van der Waals surface area (Å²) in [5, 5.41) is 7.69. The van der Waals surface area contributed by atoms with Crippen LogP contribution < -0.4 is 0 Å². The van der Waals surface area contributed by atoms with Crippen LogP contribution in [0.4, 0.5) is 123 Å². The Labute approximate surface area is 247 Å². The van der Waals surface area contributed by atoms with Gasteiger partial charge in [0.1, 0.15) is 0 Å². The predicted molar refractivity (Wildman–Crippen MR) is 95.4 cm³/mol. The fraction of sp³-hybridized carbons (Fsp3) is 0.941. The monoisotopic (exact) mass is 806 g/mol.